The summed E-state index contributed by atoms with van der Waals surface area (Å²) >= 11 is 1.20. The second-order valence-corrected chi connectivity index (χ2v) is 9.48. The fourth-order valence-corrected chi connectivity index (χ4v) is 3.55. The molecule has 8 nitrogen and oxygen atoms in total. The SMILES string of the molecule is CCCC(NC(=O)C(O)C(C)C)C(=O)N(C(=O)C(O)C(C)C)c1ncc(C(C)C)s1. The number of aliphatic hydroxyl groups is 2. The summed E-state index contributed by atoms with van der Waals surface area (Å²) in [6, 6.07) is -1.02. The minimum atomic E-state index is -1.39. The third kappa shape index (κ3) is 6.58. The van der Waals surface area contributed by atoms with E-state index in [2.05, 4.69) is 10.3 Å². The summed E-state index contributed by atoms with van der Waals surface area (Å²) in [6.07, 6.45) is -0.206. The van der Waals surface area contributed by atoms with Gasteiger partial charge in [0.05, 0.1) is 0 Å². The van der Waals surface area contributed by atoms with E-state index in [1.807, 2.05) is 20.8 Å². The Morgan fingerprint density at radius 3 is 2.03 bits per heavy atom. The van der Waals surface area contributed by atoms with Gasteiger partial charge in [0.15, 0.2) is 5.13 Å². The van der Waals surface area contributed by atoms with E-state index >= 15 is 0 Å². The molecule has 1 aromatic heterocycles. The molecule has 1 aromatic rings. The van der Waals surface area contributed by atoms with Crippen LogP contribution in [0.2, 0.25) is 0 Å². The number of rotatable bonds is 10. The number of hydrogen-bond acceptors (Lipinski definition) is 7. The van der Waals surface area contributed by atoms with Gasteiger partial charge in [-0.25, -0.2) is 9.88 Å². The van der Waals surface area contributed by atoms with E-state index in [1.54, 1.807) is 33.9 Å². The van der Waals surface area contributed by atoms with Gasteiger partial charge in [-0.05, 0) is 24.2 Å². The summed E-state index contributed by atoms with van der Waals surface area (Å²) < 4.78 is 0. The van der Waals surface area contributed by atoms with Gasteiger partial charge in [-0.15, -0.1) is 11.3 Å². The molecule has 0 fully saturated rings. The number of carbonyl (C=O) groups is 3. The lowest BCUT2D eigenvalue weighted by Crippen LogP contribution is -2.55. The molecule has 3 N–H and O–H groups in total. The van der Waals surface area contributed by atoms with Gasteiger partial charge in [0.1, 0.15) is 18.2 Å². The molecule has 0 saturated heterocycles. The fraction of sp³-hybridized carbons (Fsp3) is 0.714. The van der Waals surface area contributed by atoms with Gasteiger partial charge in [-0.2, -0.15) is 0 Å². The van der Waals surface area contributed by atoms with E-state index in [1.165, 1.54) is 11.3 Å². The zero-order valence-corrected chi connectivity index (χ0v) is 19.7. The van der Waals surface area contributed by atoms with Gasteiger partial charge in [0.2, 0.25) is 5.91 Å². The second-order valence-electron chi connectivity index (χ2n) is 8.44. The molecule has 0 saturated carbocycles. The molecule has 0 bridgehead atoms. The monoisotopic (exact) mass is 441 g/mol. The summed E-state index contributed by atoms with van der Waals surface area (Å²) in [7, 11) is 0. The van der Waals surface area contributed by atoms with E-state index in [0.29, 0.717) is 6.42 Å². The molecule has 3 unspecified atom stereocenters. The molecule has 0 aliphatic heterocycles. The van der Waals surface area contributed by atoms with Crippen molar-refractivity contribution in [1.29, 1.82) is 0 Å². The van der Waals surface area contributed by atoms with E-state index in [4.69, 9.17) is 0 Å². The van der Waals surface area contributed by atoms with Gasteiger partial charge >= 0.3 is 0 Å². The molecule has 3 amide bonds. The zero-order chi connectivity index (χ0) is 23.2. The first kappa shape index (κ1) is 26.2. The zero-order valence-electron chi connectivity index (χ0n) is 18.9. The lowest BCUT2D eigenvalue weighted by Gasteiger charge is -2.28. The molecular weight excluding hydrogens is 406 g/mol. The van der Waals surface area contributed by atoms with Gasteiger partial charge in [-0.1, -0.05) is 54.9 Å². The predicted octanol–water partition coefficient (Wildman–Crippen LogP) is 2.44. The number of imide groups is 1. The molecule has 0 aromatic carbocycles. The molecule has 3 atom stereocenters. The van der Waals surface area contributed by atoms with Crippen LogP contribution in [0.25, 0.3) is 0 Å². The highest BCUT2D eigenvalue weighted by Crippen LogP contribution is 2.29. The first-order chi connectivity index (χ1) is 13.9. The standard InChI is InChI=1S/C21H35N3O5S/c1-8-9-14(23-18(27)16(25)12(4)5)19(28)24(20(29)17(26)13(6)7)21-22-10-15(30-21)11(2)3/h10-14,16-17,25-26H,8-9H2,1-7H3,(H,23,27). The normalized spacial score (nSPS) is 14.7. The number of anilines is 1. The molecule has 9 heteroatoms. The molecule has 0 spiro atoms. The Kier molecular flexibility index (Phi) is 10.1. The van der Waals surface area contributed by atoms with Crippen LogP contribution in [-0.4, -0.2) is 51.2 Å². The van der Waals surface area contributed by atoms with Crippen molar-refractivity contribution in [1.82, 2.24) is 10.3 Å². The molecule has 0 aliphatic carbocycles. The van der Waals surface area contributed by atoms with Crippen LogP contribution in [0.1, 0.15) is 72.1 Å². The Balaban J connectivity index is 3.31. The maximum absolute atomic E-state index is 13.4. The van der Waals surface area contributed by atoms with Crippen LogP contribution in [0.3, 0.4) is 0 Å². The van der Waals surface area contributed by atoms with Gasteiger partial charge in [0, 0.05) is 11.1 Å². The van der Waals surface area contributed by atoms with Crippen LogP contribution in [0.5, 0.6) is 0 Å². The first-order valence-electron chi connectivity index (χ1n) is 10.4. The number of aliphatic hydroxyl groups excluding tert-OH is 2. The minimum Gasteiger partial charge on any atom is -0.383 e. The van der Waals surface area contributed by atoms with Crippen LogP contribution < -0.4 is 10.2 Å². The Hall–Kier alpha value is -1.84. The number of amides is 3. The van der Waals surface area contributed by atoms with Gasteiger partial charge in [-0.3, -0.25) is 14.4 Å². The lowest BCUT2D eigenvalue weighted by molar-refractivity contribution is -0.138. The van der Waals surface area contributed by atoms with Crippen molar-refractivity contribution in [2.45, 2.75) is 85.5 Å². The number of nitrogens with zero attached hydrogens (tertiary/aromatic N) is 2. The van der Waals surface area contributed by atoms with Crippen LogP contribution in [-0.2, 0) is 14.4 Å². The van der Waals surface area contributed by atoms with E-state index in [0.717, 1.165) is 9.78 Å². The van der Waals surface area contributed by atoms with Crippen molar-refractivity contribution in [3.8, 4) is 0 Å². The molecular formula is C21H35N3O5S. The molecule has 30 heavy (non-hydrogen) atoms. The molecule has 1 heterocycles. The molecule has 0 aliphatic rings. The number of nitrogens with one attached hydrogen (secondary N) is 1. The van der Waals surface area contributed by atoms with Crippen LogP contribution in [0.4, 0.5) is 5.13 Å². The first-order valence-corrected chi connectivity index (χ1v) is 11.2. The number of thiazole rings is 1. The maximum Gasteiger partial charge on any atom is 0.264 e. The third-order valence-electron chi connectivity index (χ3n) is 4.69. The summed E-state index contributed by atoms with van der Waals surface area (Å²) in [5.41, 5.74) is 0. The Labute approximate surface area is 182 Å². The largest absolute Gasteiger partial charge is 0.383 e. The predicted molar refractivity (Wildman–Crippen MR) is 117 cm³/mol. The molecule has 0 radical (unpaired) electrons. The van der Waals surface area contributed by atoms with Crippen molar-refractivity contribution in [2.75, 3.05) is 4.90 Å². The third-order valence-corrected chi connectivity index (χ3v) is 5.97. The Morgan fingerprint density at radius 2 is 1.60 bits per heavy atom. The van der Waals surface area contributed by atoms with E-state index < -0.39 is 41.9 Å². The minimum absolute atomic E-state index is 0.158. The smallest absolute Gasteiger partial charge is 0.264 e. The maximum atomic E-state index is 13.4. The fourth-order valence-electron chi connectivity index (χ4n) is 2.62. The van der Waals surface area contributed by atoms with Crippen LogP contribution in [0.15, 0.2) is 6.20 Å². The average molecular weight is 442 g/mol. The van der Waals surface area contributed by atoms with Crippen molar-refractivity contribution in [3.63, 3.8) is 0 Å². The number of carbonyl (C=O) groups excluding carboxylic acids is 3. The lowest BCUT2D eigenvalue weighted by atomic mass is 10.0. The van der Waals surface area contributed by atoms with E-state index in [-0.39, 0.29) is 23.4 Å². The van der Waals surface area contributed by atoms with Crippen LogP contribution >= 0.6 is 11.3 Å². The van der Waals surface area contributed by atoms with Gasteiger partial charge < -0.3 is 15.5 Å². The highest BCUT2D eigenvalue weighted by atomic mass is 32.1. The van der Waals surface area contributed by atoms with Crippen molar-refractivity contribution in [3.05, 3.63) is 11.1 Å². The highest BCUT2D eigenvalue weighted by Gasteiger charge is 2.37. The van der Waals surface area contributed by atoms with E-state index in [9.17, 15) is 24.6 Å². The summed E-state index contributed by atoms with van der Waals surface area (Å²) in [4.78, 5) is 44.7. The second kappa shape index (κ2) is 11.5. The van der Waals surface area contributed by atoms with Crippen molar-refractivity contribution < 1.29 is 24.6 Å². The average Bonchev–Trinajstić information content (AvgIpc) is 3.15. The quantitative estimate of drug-likeness (QED) is 0.513. The molecule has 1 rings (SSSR count). The topological polar surface area (TPSA) is 120 Å². The summed E-state index contributed by atoms with van der Waals surface area (Å²) in [6.45, 7) is 12.5. The van der Waals surface area contributed by atoms with Crippen LogP contribution in [0, 0.1) is 11.8 Å². The number of aromatic nitrogens is 1. The number of hydrogen-bond donors (Lipinski definition) is 3. The van der Waals surface area contributed by atoms with Crippen molar-refractivity contribution in [2.24, 2.45) is 11.8 Å². The summed E-state index contributed by atoms with van der Waals surface area (Å²) in [5.74, 6) is -2.69. The molecule has 170 valence electrons. The Morgan fingerprint density at radius 1 is 1.03 bits per heavy atom. The van der Waals surface area contributed by atoms with Crippen molar-refractivity contribution >= 4 is 34.2 Å². The summed E-state index contributed by atoms with van der Waals surface area (Å²) in [5, 5.41) is 23.1. The Bertz CT molecular complexity index is 732. The highest BCUT2D eigenvalue weighted by molar-refractivity contribution is 7.16. The van der Waals surface area contributed by atoms with Gasteiger partial charge in [0.25, 0.3) is 11.8 Å².